The lowest BCUT2D eigenvalue weighted by Gasteiger charge is -2.47. The Morgan fingerprint density at radius 1 is 1.13 bits per heavy atom. The fourth-order valence-electron chi connectivity index (χ4n) is 5.33. The molecule has 5 rings (SSSR count). The van der Waals surface area contributed by atoms with Crippen molar-refractivity contribution < 1.29 is 23.5 Å². The van der Waals surface area contributed by atoms with E-state index in [-0.39, 0.29) is 17.3 Å². The normalized spacial score (nSPS) is 18.7. The summed E-state index contributed by atoms with van der Waals surface area (Å²) in [5.74, 6) is -3.89. The molecule has 8 nitrogen and oxygen atoms in total. The Morgan fingerprint density at radius 3 is 2.50 bits per heavy atom. The summed E-state index contributed by atoms with van der Waals surface area (Å²) in [7, 11) is 0. The maximum absolute atomic E-state index is 14.3. The third kappa shape index (κ3) is 4.40. The van der Waals surface area contributed by atoms with Crippen LogP contribution in [0.1, 0.15) is 57.3 Å². The number of benzene rings is 2. The van der Waals surface area contributed by atoms with Gasteiger partial charge in [0.2, 0.25) is 5.43 Å². The van der Waals surface area contributed by atoms with Crippen molar-refractivity contribution in [3.8, 4) is 5.75 Å². The van der Waals surface area contributed by atoms with E-state index >= 15 is 0 Å². The largest absolute Gasteiger partial charge is 0.502 e. The monoisotopic (exact) mass is 522 g/mol. The predicted octanol–water partition coefficient (Wildman–Crippen LogP) is 3.22. The van der Waals surface area contributed by atoms with Gasteiger partial charge in [0.1, 0.15) is 23.4 Å². The molecular weight excluding hydrogens is 494 g/mol. The SMILES string of the molecule is Cc1cc(F)c(CNC(=O)c2cn3c(c(O)c2=O)C(=O)N2C(Cc4ccccc4)N3CCC[C@@H]2C)c(F)c1. The molecule has 2 aliphatic rings. The van der Waals surface area contributed by atoms with Gasteiger partial charge in [0.25, 0.3) is 11.8 Å². The van der Waals surface area contributed by atoms with Crippen LogP contribution in [0.5, 0.6) is 5.75 Å². The summed E-state index contributed by atoms with van der Waals surface area (Å²) in [5, 5.41) is 15.1. The van der Waals surface area contributed by atoms with E-state index in [2.05, 4.69) is 5.32 Å². The molecule has 2 aliphatic heterocycles. The van der Waals surface area contributed by atoms with Crippen LogP contribution in [0.25, 0.3) is 0 Å². The van der Waals surface area contributed by atoms with Crippen molar-refractivity contribution in [2.45, 2.75) is 51.9 Å². The molecule has 1 fully saturated rings. The number of aromatic nitrogens is 1. The average Bonchev–Trinajstić information content (AvgIpc) is 2.99. The molecular formula is C28H28F2N4O4. The summed E-state index contributed by atoms with van der Waals surface area (Å²) < 4.78 is 29.9. The Kier molecular flexibility index (Phi) is 6.64. The number of pyridine rings is 1. The molecule has 1 unspecified atom stereocenters. The lowest BCUT2D eigenvalue weighted by Crippen LogP contribution is -2.63. The number of nitrogens with one attached hydrogen (secondary N) is 1. The molecule has 2 amide bonds. The molecule has 1 aromatic heterocycles. The lowest BCUT2D eigenvalue weighted by molar-refractivity contribution is 0.0491. The predicted molar refractivity (Wildman–Crippen MR) is 137 cm³/mol. The number of aromatic hydroxyl groups is 1. The molecule has 0 spiro atoms. The van der Waals surface area contributed by atoms with Crippen molar-refractivity contribution in [2.75, 3.05) is 11.6 Å². The first-order valence-electron chi connectivity index (χ1n) is 12.5. The number of nitrogens with zero attached hydrogens (tertiary/aromatic N) is 3. The van der Waals surface area contributed by atoms with Crippen LogP contribution < -0.4 is 15.8 Å². The molecule has 10 heteroatoms. The topological polar surface area (TPSA) is 94.9 Å². The van der Waals surface area contributed by atoms with Crippen LogP contribution in [-0.4, -0.2) is 45.2 Å². The fraction of sp³-hybridized carbons (Fsp3) is 0.321. The summed E-state index contributed by atoms with van der Waals surface area (Å²) in [6, 6.07) is 11.8. The van der Waals surface area contributed by atoms with E-state index in [1.807, 2.05) is 42.3 Å². The molecule has 0 radical (unpaired) electrons. The average molecular weight is 523 g/mol. The Labute approximate surface area is 218 Å². The highest BCUT2D eigenvalue weighted by atomic mass is 19.1. The van der Waals surface area contributed by atoms with Crippen molar-refractivity contribution in [3.05, 3.63) is 98.5 Å². The van der Waals surface area contributed by atoms with E-state index in [9.17, 15) is 28.3 Å². The number of amides is 2. The number of halogens is 2. The number of aryl methyl sites for hydroxylation is 1. The van der Waals surface area contributed by atoms with E-state index in [0.29, 0.717) is 18.5 Å². The number of fused-ring (bicyclic) bond motifs is 4. The zero-order chi connectivity index (χ0) is 27.1. The van der Waals surface area contributed by atoms with Crippen LogP contribution >= 0.6 is 0 Å². The molecule has 2 aromatic carbocycles. The molecule has 2 bridgehead atoms. The van der Waals surface area contributed by atoms with E-state index in [4.69, 9.17) is 0 Å². The first-order chi connectivity index (χ1) is 18.2. The zero-order valence-electron chi connectivity index (χ0n) is 21.1. The van der Waals surface area contributed by atoms with Gasteiger partial charge in [-0.15, -0.1) is 0 Å². The van der Waals surface area contributed by atoms with Crippen molar-refractivity contribution in [1.82, 2.24) is 14.9 Å². The fourth-order valence-corrected chi connectivity index (χ4v) is 5.33. The maximum Gasteiger partial charge on any atom is 0.278 e. The summed E-state index contributed by atoms with van der Waals surface area (Å²) in [6.45, 7) is 3.50. The summed E-state index contributed by atoms with van der Waals surface area (Å²) in [4.78, 5) is 41.4. The Morgan fingerprint density at radius 2 is 1.82 bits per heavy atom. The first kappa shape index (κ1) is 25.4. The van der Waals surface area contributed by atoms with Gasteiger partial charge in [0.05, 0.1) is 0 Å². The van der Waals surface area contributed by atoms with Crippen molar-refractivity contribution in [1.29, 1.82) is 0 Å². The second-order valence-electron chi connectivity index (χ2n) is 9.84. The number of carbonyl (C=O) groups is 2. The Balaban J connectivity index is 1.53. The molecule has 198 valence electrons. The molecule has 2 N–H and O–H groups in total. The summed E-state index contributed by atoms with van der Waals surface area (Å²) >= 11 is 0. The molecule has 0 aliphatic carbocycles. The van der Waals surface area contributed by atoms with Crippen LogP contribution in [0.4, 0.5) is 8.78 Å². The van der Waals surface area contributed by atoms with E-state index in [0.717, 1.165) is 30.5 Å². The molecule has 1 saturated heterocycles. The molecule has 2 atom stereocenters. The quantitative estimate of drug-likeness (QED) is 0.537. The standard InChI is InChI=1S/C28H28F2N4O4/c1-16-11-21(29)19(22(30)12-16)14-31-27(37)20-15-33-24(26(36)25(20)35)28(38)34-17(2)7-6-10-32(33)23(34)13-18-8-4-3-5-9-18/h3-5,8-9,11-12,15,17,23,36H,6-7,10,13-14H2,1-2H3,(H,31,37)/t17-,23?/m0/s1. The molecule has 38 heavy (non-hydrogen) atoms. The number of rotatable bonds is 5. The minimum atomic E-state index is -1.03. The van der Waals surface area contributed by atoms with Crippen LogP contribution in [-0.2, 0) is 13.0 Å². The molecule has 3 heterocycles. The summed E-state index contributed by atoms with van der Waals surface area (Å²) in [6.07, 6.45) is 2.79. The third-order valence-electron chi connectivity index (χ3n) is 7.24. The van der Waals surface area contributed by atoms with Gasteiger partial charge in [-0.3, -0.25) is 24.1 Å². The Hall–Kier alpha value is -4.21. The highest BCUT2D eigenvalue weighted by Gasteiger charge is 2.44. The van der Waals surface area contributed by atoms with Gasteiger partial charge in [0, 0.05) is 37.3 Å². The number of hydrogen-bond donors (Lipinski definition) is 2. The Bertz CT molecular complexity index is 1450. The van der Waals surface area contributed by atoms with E-state index < -0.39 is 52.9 Å². The van der Waals surface area contributed by atoms with Crippen molar-refractivity contribution >= 4 is 11.8 Å². The minimum Gasteiger partial charge on any atom is -0.502 e. The van der Waals surface area contributed by atoms with E-state index in [1.165, 1.54) is 10.9 Å². The van der Waals surface area contributed by atoms with Gasteiger partial charge >= 0.3 is 0 Å². The second-order valence-corrected chi connectivity index (χ2v) is 9.84. The van der Waals surface area contributed by atoms with Gasteiger partial charge in [-0.25, -0.2) is 8.78 Å². The minimum absolute atomic E-state index is 0.133. The van der Waals surface area contributed by atoms with Crippen LogP contribution in [0.2, 0.25) is 0 Å². The first-order valence-corrected chi connectivity index (χ1v) is 12.5. The van der Waals surface area contributed by atoms with Crippen molar-refractivity contribution in [3.63, 3.8) is 0 Å². The molecule has 0 saturated carbocycles. The third-order valence-corrected chi connectivity index (χ3v) is 7.24. The van der Waals surface area contributed by atoms with E-state index in [1.54, 1.807) is 11.8 Å². The number of hydrogen-bond acceptors (Lipinski definition) is 5. The smallest absolute Gasteiger partial charge is 0.278 e. The highest BCUT2D eigenvalue weighted by Crippen LogP contribution is 2.31. The lowest BCUT2D eigenvalue weighted by atomic mass is 10.0. The van der Waals surface area contributed by atoms with Crippen LogP contribution in [0, 0.1) is 18.6 Å². The van der Waals surface area contributed by atoms with Gasteiger partial charge < -0.3 is 15.3 Å². The number of carbonyl (C=O) groups excluding carboxylic acids is 2. The van der Waals surface area contributed by atoms with Gasteiger partial charge in [0.15, 0.2) is 11.4 Å². The maximum atomic E-state index is 14.3. The van der Waals surface area contributed by atoms with Gasteiger partial charge in [-0.2, -0.15) is 0 Å². The highest BCUT2D eigenvalue weighted by molar-refractivity contribution is 5.99. The van der Waals surface area contributed by atoms with Crippen molar-refractivity contribution in [2.24, 2.45) is 0 Å². The van der Waals surface area contributed by atoms with Crippen LogP contribution in [0.3, 0.4) is 0 Å². The van der Waals surface area contributed by atoms with Gasteiger partial charge in [-0.05, 0) is 49.9 Å². The molecule has 3 aromatic rings. The van der Waals surface area contributed by atoms with Crippen LogP contribution in [0.15, 0.2) is 53.5 Å². The summed E-state index contributed by atoms with van der Waals surface area (Å²) in [5.41, 5.74) is -0.620. The zero-order valence-corrected chi connectivity index (χ0v) is 21.1. The second kappa shape index (κ2) is 9.92. The van der Waals surface area contributed by atoms with Gasteiger partial charge in [-0.1, -0.05) is 30.3 Å².